The second-order valence-corrected chi connectivity index (χ2v) is 6.44. The maximum absolute atomic E-state index is 11.7. The van der Waals surface area contributed by atoms with Crippen LogP contribution in [-0.2, 0) is 4.79 Å². The number of hydrogen-bond acceptors (Lipinski definition) is 4. The first-order chi connectivity index (χ1) is 11.5. The highest BCUT2D eigenvalue weighted by Gasteiger charge is 2.25. The van der Waals surface area contributed by atoms with Gasteiger partial charge in [-0.2, -0.15) is 0 Å². The zero-order valence-corrected chi connectivity index (χ0v) is 17.8. The summed E-state index contributed by atoms with van der Waals surface area (Å²) < 4.78 is 0. The van der Waals surface area contributed by atoms with Crippen LogP contribution in [0.5, 0.6) is 0 Å². The first kappa shape index (κ1) is 21.8. The second kappa shape index (κ2) is 10.6. The Balaban J connectivity index is 0.00000312. The summed E-state index contributed by atoms with van der Waals surface area (Å²) in [5, 5.41) is 9.87. The SMILES string of the molecule is CN=C(NCC(=O)NC(C)C)NC1CCN(c2ncccc2Cl)C1.I. The summed E-state index contributed by atoms with van der Waals surface area (Å²) in [6.45, 7) is 5.72. The van der Waals surface area contributed by atoms with Crippen molar-refractivity contribution < 1.29 is 4.79 Å². The monoisotopic (exact) mass is 480 g/mol. The average molecular weight is 481 g/mol. The van der Waals surface area contributed by atoms with Crippen LogP contribution in [-0.4, -0.2) is 55.6 Å². The summed E-state index contributed by atoms with van der Waals surface area (Å²) >= 11 is 6.21. The van der Waals surface area contributed by atoms with E-state index in [1.807, 2.05) is 26.0 Å². The number of rotatable bonds is 5. The zero-order valence-electron chi connectivity index (χ0n) is 14.8. The standard InChI is InChI=1S/C16H25ClN6O.HI/c1-11(2)21-14(24)9-20-16(18-3)22-12-6-8-23(10-12)15-13(17)5-4-7-19-15;/h4-5,7,11-12H,6,8-10H2,1-3H3,(H,21,24)(H2,18,20,22);1H. The van der Waals surface area contributed by atoms with E-state index in [1.54, 1.807) is 13.2 Å². The van der Waals surface area contributed by atoms with Crippen LogP contribution >= 0.6 is 35.6 Å². The number of pyridine rings is 1. The van der Waals surface area contributed by atoms with Crippen LogP contribution in [0.1, 0.15) is 20.3 Å². The Morgan fingerprint density at radius 1 is 1.52 bits per heavy atom. The molecule has 9 heteroatoms. The van der Waals surface area contributed by atoms with Gasteiger partial charge in [-0.15, -0.1) is 24.0 Å². The van der Waals surface area contributed by atoms with E-state index in [0.29, 0.717) is 11.0 Å². The molecule has 140 valence electrons. The van der Waals surface area contributed by atoms with Crippen molar-refractivity contribution in [3.63, 3.8) is 0 Å². The largest absolute Gasteiger partial charge is 0.353 e. The molecule has 0 saturated carbocycles. The number of hydrogen-bond donors (Lipinski definition) is 3. The molecule has 1 fully saturated rings. The highest BCUT2D eigenvalue weighted by Crippen LogP contribution is 2.25. The molecule has 7 nitrogen and oxygen atoms in total. The summed E-state index contributed by atoms with van der Waals surface area (Å²) in [6.07, 6.45) is 2.70. The minimum absolute atomic E-state index is 0. The fourth-order valence-corrected chi connectivity index (χ4v) is 2.85. The van der Waals surface area contributed by atoms with Crippen LogP contribution < -0.4 is 20.9 Å². The van der Waals surface area contributed by atoms with Gasteiger partial charge in [0, 0.05) is 38.4 Å². The van der Waals surface area contributed by atoms with Gasteiger partial charge in [0.1, 0.15) is 5.82 Å². The second-order valence-electron chi connectivity index (χ2n) is 6.03. The lowest BCUT2D eigenvalue weighted by molar-refractivity contribution is -0.120. The number of aromatic nitrogens is 1. The molecule has 1 aromatic heterocycles. The van der Waals surface area contributed by atoms with Crippen molar-refractivity contribution >= 4 is 53.3 Å². The maximum Gasteiger partial charge on any atom is 0.239 e. The summed E-state index contributed by atoms with van der Waals surface area (Å²) in [7, 11) is 1.69. The highest BCUT2D eigenvalue weighted by atomic mass is 127. The predicted molar refractivity (Wildman–Crippen MR) is 113 cm³/mol. The minimum Gasteiger partial charge on any atom is -0.353 e. The van der Waals surface area contributed by atoms with Gasteiger partial charge >= 0.3 is 0 Å². The molecule has 1 aliphatic heterocycles. The normalized spacial score (nSPS) is 17.2. The van der Waals surface area contributed by atoms with Gasteiger partial charge in [-0.25, -0.2) is 4.98 Å². The highest BCUT2D eigenvalue weighted by molar-refractivity contribution is 14.0. The lowest BCUT2D eigenvalue weighted by Gasteiger charge is -2.20. The first-order valence-electron chi connectivity index (χ1n) is 8.11. The Morgan fingerprint density at radius 3 is 2.92 bits per heavy atom. The summed E-state index contributed by atoms with van der Waals surface area (Å²) in [5.74, 6) is 1.37. The topological polar surface area (TPSA) is 81.6 Å². The summed E-state index contributed by atoms with van der Waals surface area (Å²) in [5.41, 5.74) is 0. The van der Waals surface area contributed by atoms with Crippen molar-refractivity contribution in [1.82, 2.24) is 20.9 Å². The van der Waals surface area contributed by atoms with Gasteiger partial charge in [0.05, 0.1) is 11.6 Å². The molecule has 0 radical (unpaired) electrons. The molecule has 3 N–H and O–H groups in total. The quantitative estimate of drug-likeness (QED) is 0.339. The molecule has 1 amide bonds. The van der Waals surface area contributed by atoms with Gasteiger partial charge in [0.2, 0.25) is 5.91 Å². The van der Waals surface area contributed by atoms with Crippen molar-refractivity contribution in [1.29, 1.82) is 0 Å². The lowest BCUT2D eigenvalue weighted by atomic mass is 10.3. The van der Waals surface area contributed by atoms with E-state index < -0.39 is 0 Å². The van der Waals surface area contributed by atoms with Crippen molar-refractivity contribution in [3.8, 4) is 0 Å². The molecule has 2 heterocycles. The number of amides is 1. The molecule has 0 spiro atoms. The minimum atomic E-state index is -0.0544. The molecule has 0 bridgehead atoms. The number of carbonyl (C=O) groups excluding carboxylic acids is 1. The Bertz CT molecular complexity index is 598. The number of nitrogens with one attached hydrogen (secondary N) is 3. The Morgan fingerprint density at radius 2 is 2.28 bits per heavy atom. The van der Waals surface area contributed by atoms with Crippen molar-refractivity contribution in [2.45, 2.75) is 32.4 Å². The Labute approximate surface area is 171 Å². The van der Waals surface area contributed by atoms with E-state index >= 15 is 0 Å². The molecule has 1 saturated heterocycles. The first-order valence-corrected chi connectivity index (χ1v) is 8.49. The average Bonchev–Trinajstić information content (AvgIpc) is 2.99. The van der Waals surface area contributed by atoms with Gasteiger partial charge in [-0.05, 0) is 32.4 Å². The molecule has 25 heavy (non-hydrogen) atoms. The predicted octanol–water partition coefficient (Wildman–Crippen LogP) is 1.62. The number of halogens is 2. The van der Waals surface area contributed by atoms with E-state index in [4.69, 9.17) is 11.6 Å². The van der Waals surface area contributed by atoms with E-state index in [1.165, 1.54) is 0 Å². The molecule has 1 unspecified atom stereocenters. The fourth-order valence-electron chi connectivity index (χ4n) is 2.61. The number of aliphatic imine (C=N–C) groups is 1. The number of nitrogens with zero attached hydrogens (tertiary/aromatic N) is 3. The van der Waals surface area contributed by atoms with Crippen LogP contribution in [0.3, 0.4) is 0 Å². The summed E-state index contributed by atoms with van der Waals surface area (Å²) in [4.78, 5) is 22.4. The van der Waals surface area contributed by atoms with Gasteiger partial charge in [0.15, 0.2) is 5.96 Å². The third-order valence-corrected chi connectivity index (χ3v) is 3.95. The number of guanidine groups is 1. The van der Waals surface area contributed by atoms with Crippen LogP contribution in [0.25, 0.3) is 0 Å². The maximum atomic E-state index is 11.7. The molecule has 1 aliphatic rings. The van der Waals surface area contributed by atoms with E-state index in [-0.39, 0.29) is 48.5 Å². The van der Waals surface area contributed by atoms with E-state index in [0.717, 1.165) is 25.3 Å². The Kier molecular flexibility index (Phi) is 9.26. The van der Waals surface area contributed by atoms with E-state index in [9.17, 15) is 4.79 Å². The van der Waals surface area contributed by atoms with E-state index in [2.05, 4.69) is 30.8 Å². The van der Waals surface area contributed by atoms with Gasteiger partial charge < -0.3 is 20.9 Å². The molecule has 2 rings (SSSR count). The number of anilines is 1. The smallest absolute Gasteiger partial charge is 0.239 e. The third kappa shape index (κ3) is 6.85. The Hall–Kier alpha value is -1.29. The van der Waals surface area contributed by atoms with Crippen LogP contribution in [0.2, 0.25) is 5.02 Å². The zero-order chi connectivity index (χ0) is 17.5. The molecule has 1 aromatic rings. The van der Waals surface area contributed by atoms with Crippen LogP contribution in [0.15, 0.2) is 23.3 Å². The molecule has 0 aliphatic carbocycles. The van der Waals surface area contributed by atoms with Crippen LogP contribution in [0.4, 0.5) is 5.82 Å². The van der Waals surface area contributed by atoms with Gasteiger partial charge in [0.25, 0.3) is 0 Å². The molecular formula is C16H26ClIN6O. The summed E-state index contributed by atoms with van der Waals surface area (Å²) in [6, 6.07) is 4.02. The van der Waals surface area contributed by atoms with Crippen molar-refractivity contribution in [3.05, 3.63) is 23.4 Å². The molecule has 1 atom stereocenters. The third-order valence-electron chi connectivity index (χ3n) is 3.66. The van der Waals surface area contributed by atoms with Crippen LogP contribution in [0, 0.1) is 0 Å². The van der Waals surface area contributed by atoms with Gasteiger partial charge in [-0.1, -0.05) is 11.6 Å². The fraction of sp³-hybridized carbons (Fsp3) is 0.562. The van der Waals surface area contributed by atoms with Gasteiger partial charge in [-0.3, -0.25) is 9.79 Å². The molecular weight excluding hydrogens is 455 g/mol. The van der Waals surface area contributed by atoms with Crippen molar-refractivity contribution in [2.24, 2.45) is 4.99 Å². The van der Waals surface area contributed by atoms with Crippen molar-refractivity contribution in [2.75, 3.05) is 31.6 Å². The number of carbonyl (C=O) groups is 1. The molecule has 0 aromatic carbocycles. The lowest BCUT2D eigenvalue weighted by Crippen LogP contribution is -2.48.